The van der Waals surface area contributed by atoms with Crippen LogP contribution in [-0.4, -0.2) is 30.5 Å². The molecular weight excluding hydrogens is 466 g/mol. The fraction of sp³-hybridized carbons (Fsp3) is 0.290. The number of methoxy groups -OCH3 is 1. The fourth-order valence-electron chi connectivity index (χ4n) is 4.79. The number of hydrogen-bond acceptors (Lipinski definition) is 5. The summed E-state index contributed by atoms with van der Waals surface area (Å²) in [7, 11) is 1.56. The lowest BCUT2D eigenvalue weighted by Gasteiger charge is -2.27. The summed E-state index contributed by atoms with van der Waals surface area (Å²) in [4.78, 5) is 28.6. The Bertz CT molecular complexity index is 1390. The molecule has 3 aromatic carbocycles. The van der Waals surface area contributed by atoms with Crippen molar-refractivity contribution in [2.75, 3.05) is 18.6 Å². The second kappa shape index (κ2) is 10.5. The highest BCUT2D eigenvalue weighted by atomic mass is 16.5. The molecule has 192 valence electrons. The van der Waals surface area contributed by atoms with Crippen LogP contribution in [0.15, 0.2) is 66.2 Å². The molecule has 1 saturated heterocycles. The first-order valence-electron chi connectivity index (χ1n) is 12.5. The van der Waals surface area contributed by atoms with E-state index in [0.717, 1.165) is 22.4 Å². The van der Waals surface area contributed by atoms with Crippen molar-refractivity contribution in [3.05, 3.63) is 94.1 Å². The maximum absolute atomic E-state index is 13.6. The lowest BCUT2D eigenvalue weighted by Crippen LogP contribution is -2.30. The molecule has 6 nitrogen and oxygen atoms in total. The number of benzene rings is 3. The Kier molecular flexibility index (Phi) is 7.39. The van der Waals surface area contributed by atoms with Gasteiger partial charge in [0.1, 0.15) is 17.3 Å². The van der Waals surface area contributed by atoms with E-state index in [-0.39, 0.29) is 17.3 Å². The molecule has 1 heterocycles. The number of hydrogen-bond donors (Lipinski definition) is 1. The second-order valence-electron chi connectivity index (χ2n) is 9.51. The van der Waals surface area contributed by atoms with Gasteiger partial charge in [-0.25, -0.2) is 0 Å². The Morgan fingerprint density at radius 3 is 2.43 bits per heavy atom. The molecule has 37 heavy (non-hydrogen) atoms. The van der Waals surface area contributed by atoms with Crippen molar-refractivity contribution >= 4 is 23.1 Å². The molecule has 3 aromatic rings. The number of rotatable bonds is 7. The Hall–Kier alpha value is -4.06. The van der Waals surface area contributed by atoms with Gasteiger partial charge in [-0.1, -0.05) is 38.1 Å². The molecular formula is C31H33NO5. The van der Waals surface area contributed by atoms with Crippen molar-refractivity contribution in [2.24, 2.45) is 0 Å². The molecule has 1 amide bonds. The molecule has 1 aliphatic rings. The van der Waals surface area contributed by atoms with Crippen molar-refractivity contribution in [1.82, 2.24) is 0 Å². The first-order chi connectivity index (χ1) is 17.7. The SMILES string of the molecule is CCOc1ccc(/C(O)=C2\C(=O)C(=O)N(c3cccc(C)c3C)C2c2cccc(OC)c2)cc1C(C)C. The number of carbonyl (C=O) groups is 2. The molecule has 1 N–H and O–H groups in total. The summed E-state index contributed by atoms with van der Waals surface area (Å²) in [5.74, 6) is -0.185. The number of ether oxygens (including phenoxy) is 2. The van der Waals surface area contributed by atoms with Gasteiger partial charge in [0, 0.05) is 11.3 Å². The summed E-state index contributed by atoms with van der Waals surface area (Å²) in [6.07, 6.45) is 0. The zero-order valence-corrected chi connectivity index (χ0v) is 22.2. The number of amides is 1. The minimum Gasteiger partial charge on any atom is -0.507 e. The van der Waals surface area contributed by atoms with Gasteiger partial charge in [0.15, 0.2) is 0 Å². The maximum Gasteiger partial charge on any atom is 0.300 e. The smallest absolute Gasteiger partial charge is 0.300 e. The van der Waals surface area contributed by atoms with Crippen molar-refractivity contribution in [3.63, 3.8) is 0 Å². The van der Waals surface area contributed by atoms with Crippen LogP contribution in [0.25, 0.3) is 5.76 Å². The number of anilines is 1. The van der Waals surface area contributed by atoms with Crippen LogP contribution in [0, 0.1) is 13.8 Å². The van der Waals surface area contributed by atoms with Crippen LogP contribution in [0.3, 0.4) is 0 Å². The van der Waals surface area contributed by atoms with Crippen molar-refractivity contribution in [3.8, 4) is 11.5 Å². The summed E-state index contributed by atoms with van der Waals surface area (Å²) in [6.45, 7) is 10.4. The average Bonchev–Trinajstić information content (AvgIpc) is 3.15. The van der Waals surface area contributed by atoms with E-state index in [2.05, 4.69) is 0 Å². The van der Waals surface area contributed by atoms with E-state index in [1.165, 1.54) is 4.90 Å². The van der Waals surface area contributed by atoms with E-state index < -0.39 is 17.7 Å². The molecule has 1 aliphatic heterocycles. The van der Waals surface area contributed by atoms with Gasteiger partial charge in [0.05, 0.1) is 25.3 Å². The number of aryl methyl sites for hydroxylation is 1. The normalized spacial score (nSPS) is 16.9. The average molecular weight is 500 g/mol. The predicted octanol–water partition coefficient (Wildman–Crippen LogP) is 6.46. The highest BCUT2D eigenvalue weighted by Crippen LogP contribution is 2.44. The van der Waals surface area contributed by atoms with Gasteiger partial charge in [0.2, 0.25) is 0 Å². The highest BCUT2D eigenvalue weighted by molar-refractivity contribution is 6.51. The molecule has 4 rings (SSSR count). The lowest BCUT2D eigenvalue weighted by molar-refractivity contribution is -0.132. The van der Waals surface area contributed by atoms with Crippen LogP contribution < -0.4 is 14.4 Å². The van der Waals surface area contributed by atoms with Crippen LogP contribution in [0.4, 0.5) is 5.69 Å². The Labute approximate surface area is 218 Å². The number of Topliss-reactive ketones (excluding diaryl/α,β-unsaturated/α-hetero) is 1. The number of carbonyl (C=O) groups excluding carboxylic acids is 2. The summed E-state index contributed by atoms with van der Waals surface area (Å²) in [5.41, 5.74) is 4.58. The van der Waals surface area contributed by atoms with Gasteiger partial charge in [0.25, 0.3) is 11.7 Å². The number of aliphatic hydroxyl groups excluding tert-OH is 1. The molecule has 0 bridgehead atoms. The standard InChI is InChI=1S/C31H33NO5/c1-7-37-26-15-14-22(17-24(26)18(2)3)29(33)27-28(21-11-9-12-23(16-21)36-6)32(31(35)30(27)34)25-13-8-10-19(4)20(25)5/h8-18,28,33H,7H2,1-6H3/b29-27+. The van der Waals surface area contributed by atoms with Crippen molar-refractivity contribution in [2.45, 2.75) is 46.6 Å². The third-order valence-electron chi connectivity index (χ3n) is 6.89. The molecule has 1 unspecified atom stereocenters. The van der Waals surface area contributed by atoms with Gasteiger partial charge < -0.3 is 14.6 Å². The number of ketones is 1. The summed E-state index contributed by atoms with van der Waals surface area (Å²) in [6, 6.07) is 17.4. The van der Waals surface area contributed by atoms with Gasteiger partial charge in [-0.2, -0.15) is 0 Å². The summed E-state index contributed by atoms with van der Waals surface area (Å²) < 4.78 is 11.2. The van der Waals surface area contributed by atoms with Crippen molar-refractivity contribution < 1.29 is 24.2 Å². The maximum atomic E-state index is 13.6. The van der Waals surface area contributed by atoms with Crippen LogP contribution in [0.2, 0.25) is 0 Å². The predicted molar refractivity (Wildman–Crippen MR) is 145 cm³/mol. The fourth-order valence-corrected chi connectivity index (χ4v) is 4.79. The largest absolute Gasteiger partial charge is 0.507 e. The van der Waals surface area contributed by atoms with Crippen LogP contribution >= 0.6 is 0 Å². The van der Waals surface area contributed by atoms with Gasteiger partial charge >= 0.3 is 0 Å². The molecule has 0 spiro atoms. The monoisotopic (exact) mass is 499 g/mol. The Morgan fingerprint density at radius 2 is 1.76 bits per heavy atom. The van der Waals surface area contributed by atoms with E-state index >= 15 is 0 Å². The Morgan fingerprint density at radius 1 is 1.03 bits per heavy atom. The lowest BCUT2D eigenvalue weighted by atomic mass is 9.92. The summed E-state index contributed by atoms with van der Waals surface area (Å²) in [5, 5.41) is 11.6. The van der Waals surface area contributed by atoms with Crippen molar-refractivity contribution in [1.29, 1.82) is 0 Å². The van der Waals surface area contributed by atoms with Crippen LogP contribution in [0.5, 0.6) is 11.5 Å². The molecule has 1 atom stereocenters. The highest BCUT2D eigenvalue weighted by Gasteiger charge is 2.47. The first-order valence-corrected chi connectivity index (χ1v) is 12.5. The second-order valence-corrected chi connectivity index (χ2v) is 9.51. The van der Waals surface area contributed by atoms with E-state index in [4.69, 9.17) is 9.47 Å². The quantitative estimate of drug-likeness (QED) is 0.229. The van der Waals surface area contributed by atoms with Crippen LogP contribution in [-0.2, 0) is 9.59 Å². The van der Waals surface area contributed by atoms with Gasteiger partial charge in [-0.3, -0.25) is 14.5 Å². The number of aliphatic hydroxyl groups is 1. The third kappa shape index (κ3) is 4.71. The number of nitrogens with zero attached hydrogens (tertiary/aromatic N) is 1. The van der Waals surface area contributed by atoms with E-state index in [1.54, 1.807) is 31.4 Å². The van der Waals surface area contributed by atoms with Gasteiger partial charge in [-0.15, -0.1) is 0 Å². The molecule has 0 aromatic heterocycles. The third-order valence-corrected chi connectivity index (χ3v) is 6.89. The minimum atomic E-state index is -0.829. The molecule has 0 radical (unpaired) electrons. The van der Waals surface area contributed by atoms with Gasteiger partial charge in [-0.05, 0) is 85.3 Å². The van der Waals surface area contributed by atoms with Crippen LogP contribution in [0.1, 0.15) is 60.5 Å². The van der Waals surface area contributed by atoms with E-state index in [9.17, 15) is 14.7 Å². The Balaban J connectivity index is 1.98. The molecule has 6 heteroatoms. The topological polar surface area (TPSA) is 76.1 Å². The minimum absolute atomic E-state index is 0.0398. The van der Waals surface area contributed by atoms with E-state index in [1.807, 2.05) is 71.0 Å². The molecule has 0 aliphatic carbocycles. The van der Waals surface area contributed by atoms with E-state index in [0.29, 0.717) is 29.2 Å². The first kappa shape index (κ1) is 26.0. The molecule has 0 saturated carbocycles. The zero-order valence-electron chi connectivity index (χ0n) is 22.2. The molecule has 1 fully saturated rings. The zero-order chi connectivity index (χ0) is 26.9. The summed E-state index contributed by atoms with van der Waals surface area (Å²) >= 11 is 0.